The van der Waals surface area contributed by atoms with Gasteiger partial charge in [0.1, 0.15) is 17.2 Å². The van der Waals surface area contributed by atoms with Crippen molar-refractivity contribution in [2.45, 2.75) is 44.4 Å². The lowest BCUT2D eigenvalue weighted by atomic mass is 9.86. The Morgan fingerprint density at radius 2 is 1.91 bits per heavy atom. The zero-order valence-corrected chi connectivity index (χ0v) is 19.3. The van der Waals surface area contributed by atoms with E-state index < -0.39 is 39.5 Å². The van der Waals surface area contributed by atoms with Crippen LogP contribution in [0, 0.1) is 5.92 Å². The lowest BCUT2D eigenvalue weighted by Gasteiger charge is -2.27. The van der Waals surface area contributed by atoms with E-state index in [1.807, 2.05) is 0 Å². The van der Waals surface area contributed by atoms with Crippen LogP contribution in [0.2, 0.25) is 0 Å². The van der Waals surface area contributed by atoms with Gasteiger partial charge in [0.05, 0.1) is 12.2 Å². The van der Waals surface area contributed by atoms with E-state index in [-0.39, 0.29) is 24.4 Å². The number of pyridine rings is 1. The molecule has 1 aliphatic carbocycles. The second-order valence-electron chi connectivity index (χ2n) is 8.05. The van der Waals surface area contributed by atoms with E-state index in [0.717, 1.165) is 10.6 Å². The molecule has 0 aromatic carbocycles. The number of carboxylic acids is 1. The van der Waals surface area contributed by atoms with Gasteiger partial charge in [-0.05, 0) is 31.7 Å². The molecular formula is C20H25F3N6O4S. The average molecular weight is 503 g/mol. The highest BCUT2D eigenvalue weighted by Gasteiger charge is 2.35. The summed E-state index contributed by atoms with van der Waals surface area (Å²) in [5, 5.41) is 14.7. The van der Waals surface area contributed by atoms with Crippen LogP contribution in [0.5, 0.6) is 0 Å². The van der Waals surface area contributed by atoms with Gasteiger partial charge >= 0.3 is 12.1 Å². The average Bonchev–Trinajstić information content (AvgIpc) is 2.76. The Morgan fingerprint density at radius 1 is 1.24 bits per heavy atom. The molecule has 1 saturated carbocycles. The number of halogens is 3. The van der Waals surface area contributed by atoms with Gasteiger partial charge in [0.2, 0.25) is 16.0 Å². The Morgan fingerprint density at radius 3 is 2.50 bits per heavy atom. The molecule has 0 amide bonds. The van der Waals surface area contributed by atoms with Gasteiger partial charge in [0.25, 0.3) is 0 Å². The Balaban J connectivity index is 1.80. The number of rotatable bonds is 8. The maximum absolute atomic E-state index is 13.6. The maximum atomic E-state index is 13.6. The number of carboxylic acid groups (broad SMARTS) is 1. The number of aliphatic carboxylic acids is 1. The summed E-state index contributed by atoms with van der Waals surface area (Å²) >= 11 is 0. The maximum Gasteiger partial charge on any atom is 0.421 e. The smallest absolute Gasteiger partial charge is 0.421 e. The first-order valence-electron chi connectivity index (χ1n) is 10.4. The highest BCUT2D eigenvalue weighted by molar-refractivity contribution is 7.92. The standard InChI is InChI=1S/C20H25F3N6O4S/c1-29(34(2,32)33)17-13(4-3-9-24-17)10-25-16-15(20(21,22)23)11-26-19(28-16)27-14-7-5-12(6-8-14)18(30)31/h3-4,9,11-12,14H,5-8,10H2,1-2H3,(H,30,31)(H2,25,26,27,28). The lowest BCUT2D eigenvalue weighted by molar-refractivity contribution is -0.142. The van der Waals surface area contributed by atoms with Crippen molar-refractivity contribution in [3.05, 3.63) is 35.7 Å². The van der Waals surface area contributed by atoms with E-state index in [1.54, 1.807) is 12.1 Å². The third-order valence-electron chi connectivity index (χ3n) is 5.61. The molecule has 0 unspecified atom stereocenters. The van der Waals surface area contributed by atoms with Gasteiger partial charge < -0.3 is 15.7 Å². The van der Waals surface area contributed by atoms with Gasteiger partial charge in [0.15, 0.2) is 0 Å². The van der Waals surface area contributed by atoms with Crippen LogP contribution in [0.25, 0.3) is 0 Å². The summed E-state index contributed by atoms with van der Waals surface area (Å²) in [5.74, 6) is -1.70. The van der Waals surface area contributed by atoms with Crippen LogP contribution in [0.1, 0.15) is 36.8 Å². The number of alkyl halides is 3. The molecule has 14 heteroatoms. The summed E-state index contributed by atoms with van der Waals surface area (Å²) in [6.45, 7) is -0.174. The Bertz CT molecular complexity index is 1140. The van der Waals surface area contributed by atoms with Crippen LogP contribution in [0.4, 0.5) is 30.8 Å². The number of sulfonamides is 1. The quantitative estimate of drug-likeness (QED) is 0.497. The van der Waals surface area contributed by atoms with E-state index in [0.29, 0.717) is 37.4 Å². The molecule has 0 spiro atoms. The van der Waals surface area contributed by atoms with E-state index in [4.69, 9.17) is 5.11 Å². The van der Waals surface area contributed by atoms with Gasteiger partial charge in [-0.25, -0.2) is 18.4 Å². The molecule has 0 bridgehead atoms. The van der Waals surface area contributed by atoms with Crippen molar-refractivity contribution in [2.75, 3.05) is 28.2 Å². The first-order chi connectivity index (χ1) is 15.9. The molecule has 0 saturated heterocycles. The molecule has 2 aromatic rings. The minimum atomic E-state index is -4.72. The monoisotopic (exact) mass is 502 g/mol. The largest absolute Gasteiger partial charge is 0.481 e. The molecule has 3 N–H and O–H groups in total. The number of nitrogens with zero attached hydrogens (tertiary/aromatic N) is 4. The minimum Gasteiger partial charge on any atom is -0.481 e. The van der Waals surface area contributed by atoms with Crippen molar-refractivity contribution in [2.24, 2.45) is 5.92 Å². The fraction of sp³-hybridized carbons (Fsp3) is 0.500. The number of hydrogen-bond donors (Lipinski definition) is 3. The molecule has 3 rings (SSSR count). The Hall–Kier alpha value is -3.16. The van der Waals surface area contributed by atoms with Crippen LogP contribution in [0.3, 0.4) is 0 Å². The van der Waals surface area contributed by atoms with Crippen molar-refractivity contribution in [3.8, 4) is 0 Å². The fourth-order valence-electron chi connectivity index (χ4n) is 3.65. The molecule has 2 aromatic heterocycles. The predicted octanol–water partition coefficient (Wildman–Crippen LogP) is 2.95. The van der Waals surface area contributed by atoms with Gasteiger partial charge in [-0.1, -0.05) is 6.07 Å². The first-order valence-corrected chi connectivity index (χ1v) is 12.3. The molecule has 10 nitrogen and oxygen atoms in total. The van der Waals surface area contributed by atoms with Crippen LogP contribution >= 0.6 is 0 Å². The summed E-state index contributed by atoms with van der Waals surface area (Å²) in [5.41, 5.74) is -0.724. The third-order valence-corrected chi connectivity index (χ3v) is 6.78. The molecule has 34 heavy (non-hydrogen) atoms. The summed E-state index contributed by atoms with van der Waals surface area (Å²) < 4.78 is 65.4. The third kappa shape index (κ3) is 6.24. The Kier molecular flexibility index (Phi) is 7.48. The first kappa shape index (κ1) is 25.5. The van der Waals surface area contributed by atoms with Gasteiger partial charge in [-0.3, -0.25) is 9.10 Å². The highest BCUT2D eigenvalue weighted by atomic mass is 32.2. The van der Waals surface area contributed by atoms with E-state index >= 15 is 0 Å². The predicted molar refractivity (Wildman–Crippen MR) is 119 cm³/mol. The molecule has 0 atom stereocenters. The number of hydrogen-bond acceptors (Lipinski definition) is 8. The Labute approximate surface area is 194 Å². The summed E-state index contributed by atoms with van der Waals surface area (Å²) in [4.78, 5) is 22.9. The highest BCUT2D eigenvalue weighted by Crippen LogP contribution is 2.35. The number of nitrogens with one attached hydrogen (secondary N) is 2. The van der Waals surface area contributed by atoms with Crippen molar-refractivity contribution in [1.82, 2.24) is 15.0 Å². The van der Waals surface area contributed by atoms with Crippen molar-refractivity contribution in [3.63, 3.8) is 0 Å². The van der Waals surface area contributed by atoms with Crippen LogP contribution in [-0.2, 0) is 27.5 Å². The second-order valence-corrected chi connectivity index (χ2v) is 10.1. The molecule has 1 aliphatic rings. The van der Waals surface area contributed by atoms with Gasteiger partial charge in [-0.2, -0.15) is 18.2 Å². The second kappa shape index (κ2) is 9.99. The molecule has 0 radical (unpaired) electrons. The zero-order chi connectivity index (χ0) is 25.1. The number of carbonyl (C=O) groups is 1. The van der Waals surface area contributed by atoms with Gasteiger partial charge in [0, 0.05) is 37.6 Å². The van der Waals surface area contributed by atoms with E-state index in [2.05, 4.69) is 25.6 Å². The van der Waals surface area contributed by atoms with E-state index in [9.17, 15) is 26.4 Å². The fourth-order valence-corrected chi connectivity index (χ4v) is 4.13. The molecule has 2 heterocycles. The summed E-state index contributed by atoms with van der Waals surface area (Å²) in [7, 11) is -2.33. The molecule has 186 valence electrons. The summed E-state index contributed by atoms with van der Waals surface area (Å²) in [6.07, 6.45) is 0.296. The SMILES string of the molecule is CN(c1ncccc1CNc1nc(NC2CCC(C(=O)O)CC2)ncc1C(F)(F)F)S(C)(=O)=O. The molecule has 1 fully saturated rings. The zero-order valence-electron chi connectivity index (χ0n) is 18.5. The number of anilines is 3. The molecule has 0 aliphatic heterocycles. The minimum absolute atomic E-state index is 0.0195. The summed E-state index contributed by atoms with van der Waals surface area (Å²) in [6, 6.07) is 2.93. The molecular weight excluding hydrogens is 477 g/mol. The lowest BCUT2D eigenvalue weighted by Crippen LogP contribution is -2.30. The van der Waals surface area contributed by atoms with Crippen molar-refractivity contribution in [1.29, 1.82) is 0 Å². The normalized spacial score (nSPS) is 18.9. The van der Waals surface area contributed by atoms with Crippen molar-refractivity contribution < 1.29 is 31.5 Å². The van der Waals surface area contributed by atoms with Crippen LogP contribution in [0.15, 0.2) is 24.5 Å². The van der Waals surface area contributed by atoms with Crippen molar-refractivity contribution >= 4 is 33.6 Å². The number of aromatic nitrogens is 3. The van der Waals surface area contributed by atoms with Crippen LogP contribution in [-0.4, -0.2) is 53.8 Å². The van der Waals surface area contributed by atoms with E-state index in [1.165, 1.54) is 13.2 Å². The van der Waals surface area contributed by atoms with Gasteiger partial charge in [-0.15, -0.1) is 0 Å². The topological polar surface area (TPSA) is 137 Å². The van der Waals surface area contributed by atoms with Crippen LogP contribution < -0.4 is 14.9 Å².